The second kappa shape index (κ2) is 7.13. The number of hydrogen-bond donors (Lipinski definition) is 2. The number of nitrogens with zero attached hydrogens (tertiary/aromatic N) is 1. The van der Waals surface area contributed by atoms with Crippen LogP contribution in [0.1, 0.15) is 0 Å². The number of ether oxygens (including phenoxy) is 1. The Hall–Kier alpha value is -1.21. The van der Waals surface area contributed by atoms with Gasteiger partial charge in [-0.05, 0) is 0 Å². The fraction of sp³-hybridized carbons (Fsp3) is 0.625. The number of carbonyl (C=O) groups excluding carboxylic acids is 2. The van der Waals surface area contributed by atoms with E-state index in [0.717, 1.165) is 0 Å². The van der Waals surface area contributed by atoms with E-state index in [1.165, 1.54) is 19.1 Å². The standard InChI is InChI=1S/C8H15N3O3S/c1-11(3-4-14-2)8(13)7(12)10-5-6(9)15/h3-5H2,1-2H3,(H2,9,15)(H,10,12). The summed E-state index contributed by atoms with van der Waals surface area (Å²) in [5.41, 5.74) is 5.17. The Balaban J connectivity index is 3.96. The second-order valence-corrected chi connectivity index (χ2v) is 3.39. The Morgan fingerprint density at radius 2 is 2.13 bits per heavy atom. The molecule has 0 heterocycles. The highest BCUT2D eigenvalue weighted by Crippen LogP contribution is 1.85. The molecule has 0 spiro atoms. The number of nitrogens with two attached hydrogens (primary N) is 1. The fourth-order valence-electron chi connectivity index (χ4n) is 0.746. The zero-order chi connectivity index (χ0) is 11.8. The minimum Gasteiger partial charge on any atom is -0.392 e. The molecule has 0 aromatic rings. The summed E-state index contributed by atoms with van der Waals surface area (Å²) in [4.78, 5) is 23.9. The van der Waals surface area contributed by atoms with Crippen LogP contribution in [0.4, 0.5) is 0 Å². The van der Waals surface area contributed by atoms with Crippen LogP contribution in [0.15, 0.2) is 0 Å². The summed E-state index contributed by atoms with van der Waals surface area (Å²) in [5.74, 6) is -1.36. The van der Waals surface area contributed by atoms with E-state index in [1.807, 2.05) is 0 Å². The Kier molecular flexibility index (Phi) is 6.56. The van der Waals surface area contributed by atoms with Gasteiger partial charge in [-0.15, -0.1) is 0 Å². The van der Waals surface area contributed by atoms with Crippen LogP contribution in [-0.2, 0) is 14.3 Å². The van der Waals surface area contributed by atoms with Crippen molar-refractivity contribution in [1.29, 1.82) is 0 Å². The van der Waals surface area contributed by atoms with E-state index in [4.69, 9.17) is 10.5 Å². The van der Waals surface area contributed by atoms with Crippen LogP contribution in [0.5, 0.6) is 0 Å². The summed E-state index contributed by atoms with van der Waals surface area (Å²) in [6.07, 6.45) is 0. The van der Waals surface area contributed by atoms with E-state index >= 15 is 0 Å². The zero-order valence-electron chi connectivity index (χ0n) is 8.78. The molecule has 0 aliphatic carbocycles. The van der Waals surface area contributed by atoms with Crippen LogP contribution in [-0.4, -0.2) is 55.6 Å². The molecule has 0 rings (SSSR count). The van der Waals surface area contributed by atoms with Gasteiger partial charge in [0.25, 0.3) is 0 Å². The zero-order valence-corrected chi connectivity index (χ0v) is 9.60. The molecule has 6 nitrogen and oxygen atoms in total. The maximum Gasteiger partial charge on any atom is 0.311 e. The van der Waals surface area contributed by atoms with Crippen molar-refractivity contribution in [1.82, 2.24) is 10.2 Å². The Bertz CT molecular complexity index is 258. The highest BCUT2D eigenvalue weighted by molar-refractivity contribution is 7.80. The molecule has 0 saturated heterocycles. The van der Waals surface area contributed by atoms with Gasteiger partial charge in [-0.1, -0.05) is 12.2 Å². The molecule has 0 aromatic carbocycles. The summed E-state index contributed by atoms with van der Waals surface area (Å²) in [5, 5.41) is 2.30. The molecule has 3 N–H and O–H groups in total. The first-order valence-corrected chi connectivity index (χ1v) is 4.70. The molecule has 7 heteroatoms. The number of hydrogen-bond acceptors (Lipinski definition) is 4. The predicted molar refractivity (Wildman–Crippen MR) is 59.3 cm³/mol. The van der Waals surface area contributed by atoms with Crippen LogP contribution < -0.4 is 11.1 Å². The lowest BCUT2D eigenvalue weighted by Gasteiger charge is -2.15. The number of methoxy groups -OCH3 is 1. The average molecular weight is 233 g/mol. The van der Waals surface area contributed by atoms with E-state index in [1.54, 1.807) is 0 Å². The lowest BCUT2D eigenvalue weighted by molar-refractivity contribution is -0.145. The summed E-state index contributed by atoms with van der Waals surface area (Å²) in [6.45, 7) is 0.763. The summed E-state index contributed by atoms with van der Waals surface area (Å²) in [6, 6.07) is 0. The lowest BCUT2D eigenvalue weighted by atomic mass is 10.4. The van der Waals surface area contributed by atoms with Gasteiger partial charge in [0.05, 0.1) is 18.1 Å². The third kappa shape index (κ3) is 5.97. The van der Waals surface area contributed by atoms with Crippen molar-refractivity contribution < 1.29 is 14.3 Å². The Morgan fingerprint density at radius 1 is 1.53 bits per heavy atom. The van der Waals surface area contributed by atoms with E-state index in [0.29, 0.717) is 13.2 Å². The maximum absolute atomic E-state index is 11.3. The van der Waals surface area contributed by atoms with Crippen molar-refractivity contribution in [3.05, 3.63) is 0 Å². The van der Waals surface area contributed by atoms with Crippen molar-refractivity contribution >= 4 is 29.0 Å². The normalized spacial score (nSPS) is 9.47. The molecular weight excluding hydrogens is 218 g/mol. The first-order chi connectivity index (χ1) is 6.99. The molecule has 2 amide bonds. The molecule has 0 atom stereocenters. The fourth-order valence-corrected chi connectivity index (χ4v) is 0.818. The highest BCUT2D eigenvalue weighted by Gasteiger charge is 2.17. The van der Waals surface area contributed by atoms with Gasteiger partial charge in [0.15, 0.2) is 0 Å². The van der Waals surface area contributed by atoms with E-state index < -0.39 is 11.8 Å². The van der Waals surface area contributed by atoms with Crippen molar-refractivity contribution in [2.45, 2.75) is 0 Å². The molecule has 0 aliphatic heterocycles. The van der Waals surface area contributed by atoms with Gasteiger partial charge in [-0.25, -0.2) is 0 Å². The molecule has 86 valence electrons. The molecule has 0 unspecified atom stereocenters. The molecule has 0 saturated carbocycles. The Morgan fingerprint density at radius 3 is 2.60 bits per heavy atom. The molecule has 0 fully saturated rings. The maximum atomic E-state index is 11.3. The van der Waals surface area contributed by atoms with Gasteiger partial charge < -0.3 is 20.7 Å². The third-order valence-corrected chi connectivity index (χ3v) is 1.74. The molecule has 0 bridgehead atoms. The number of carbonyl (C=O) groups is 2. The first kappa shape index (κ1) is 13.8. The number of thiocarbonyl (C=S) groups is 1. The number of amides is 2. The van der Waals surface area contributed by atoms with E-state index in [9.17, 15) is 9.59 Å². The minimum atomic E-state index is -0.721. The third-order valence-electron chi connectivity index (χ3n) is 1.59. The van der Waals surface area contributed by atoms with Crippen LogP contribution in [0.25, 0.3) is 0 Å². The van der Waals surface area contributed by atoms with Gasteiger partial charge in [-0.3, -0.25) is 9.59 Å². The van der Waals surface area contributed by atoms with Gasteiger partial charge in [0, 0.05) is 20.7 Å². The Labute approximate surface area is 93.7 Å². The average Bonchev–Trinajstić information content (AvgIpc) is 2.21. The van der Waals surface area contributed by atoms with Crippen molar-refractivity contribution in [2.75, 3.05) is 33.9 Å². The van der Waals surface area contributed by atoms with Gasteiger partial charge in [-0.2, -0.15) is 0 Å². The summed E-state index contributed by atoms with van der Waals surface area (Å²) < 4.78 is 4.77. The van der Waals surface area contributed by atoms with Gasteiger partial charge >= 0.3 is 11.8 Å². The minimum absolute atomic E-state index is 0.0258. The van der Waals surface area contributed by atoms with E-state index in [2.05, 4.69) is 17.5 Å². The number of rotatable bonds is 5. The smallest absolute Gasteiger partial charge is 0.311 e. The first-order valence-electron chi connectivity index (χ1n) is 4.29. The highest BCUT2D eigenvalue weighted by atomic mass is 32.1. The summed E-state index contributed by atoms with van der Waals surface area (Å²) in [7, 11) is 3.03. The van der Waals surface area contributed by atoms with Crippen molar-refractivity contribution in [2.24, 2.45) is 5.73 Å². The van der Waals surface area contributed by atoms with Crippen LogP contribution in [0, 0.1) is 0 Å². The molecular formula is C8H15N3O3S. The molecule has 0 aliphatic rings. The van der Waals surface area contributed by atoms with Gasteiger partial charge in [0.1, 0.15) is 0 Å². The predicted octanol–water partition coefficient (Wildman–Crippen LogP) is -1.51. The molecule has 0 aromatic heterocycles. The van der Waals surface area contributed by atoms with Crippen molar-refractivity contribution in [3.63, 3.8) is 0 Å². The van der Waals surface area contributed by atoms with Crippen LogP contribution in [0.2, 0.25) is 0 Å². The quantitative estimate of drug-likeness (QED) is 0.445. The van der Waals surface area contributed by atoms with Crippen LogP contribution >= 0.6 is 12.2 Å². The van der Waals surface area contributed by atoms with E-state index in [-0.39, 0.29) is 11.5 Å². The SMILES string of the molecule is COCCN(C)C(=O)C(=O)NCC(N)=S. The second-order valence-electron chi connectivity index (χ2n) is 2.87. The number of nitrogens with one attached hydrogen (secondary N) is 1. The van der Waals surface area contributed by atoms with Crippen LogP contribution in [0.3, 0.4) is 0 Å². The topological polar surface area (TPSA) is 84.7 Å². The monoisotopic (exact) mass is 233 g/mol. The molecule has 15 heavy (non-hydrogen) atoms. The number of likely N-dealkylation sites (N-methyl/N-ethyl adjacent to an activating group) is 1. The van der Waals surface area contributed by atoms with Crippen molar-refractivity contribution in [3.8, 4) is 0 Å². The lowest BCUT2D eigenvalue weighted by Crippen LogP contribution is -2.44. The van der Waals surface area contributed by atoms with Gasteiger partial charge in [0.2, 0.25) is 0 Å². The summed E-state index contributed by atoms with van der Waals surface area (Å²) >= 11 is 4.55. The largest absolute Gasteiger partial charge is 0.392 e. The molecule has 0 radical (unpaired) electrons.